The summed E-state index contributed by atoms with van der Waals surface area (Å²) in [6.07, 6.45) is 6.07. The smallest absolute Gasteiger partial charge is 0.0804 e. The van der Waals surface area contributed by atoms with Crippen LogP contribution < -0.4 is 0 Å². The number of aliphatic hydroxyl groups is 2. The van der Waals surface area contributed by atoms with Crippen LogP contribution in [0.1, 0.15) is 51.7 Å². The Kier molecular flexibility index (Phi) is 4.56. The predicted octanol–water partition coefficient (Wildman–Crippen LogP) is 2.48. The zero-order valence-corrected chi connectivity index (χ0v) is 10.5. The summed E-state index contributed by atoms with van der Waals surface area (Å²) in [6, 6.07) is 1.95. The number of hydrogen-bond donors (Lipinski definition) is 2. The minimum Gasteiger partial charge on any atom is -0.390 e. The lowest BCUT2D eigenvalue weighted by Crippen LogP contribution is -2.20. The molecule has 1 heterocycles. The van der Waals surface area contributed by atoms with Crippen LogP contribution in [0.2, 0.25) is 0 Å². The minimum absolute atomic E-state index is 0.353. The van der Waals surface area contributed by atoms with Crippen LogP contribution in [0, 0.1) is 0 Å². The maximum atomic E-state index is 9.80. The number of rotatable bonds is 6. The predicted molar refractivity (Wildman–Crippen MR) is 65.2 cm³/mol. The van der Waals surface area contributed by atoms with Crippen LogP contribution in [0.25, 0.3) is 0 Å². The van der Waals surface area contributed by atoms with Crippen molar-refractivity contribution in [3.05, 3.63) is 24.0 Å². The topological polar surface area (TPSA) is 45.4 Å². The molecule has 3 heteroatoms. The maximum Gasteiger partial charge on any atom is 0.0804 e. The molecule has 0 spiro atoms. The van der Waals surface area contributed by atoms with E-state index in [4.69, 9.17) is 0 Å². The second-order valence-corrected chi connectivity index (χ2v) is 5.05. The lowest BCUT2D eigenvalue weighted by molar-refractivity contribution is 0.0662. The van der Waals surface area contributed by atoms with Gasteiger partial charge in [-0.05, 0) is 38.3 Å². The van der Waals surface area contributed by atoms with Gasteiger partial charge < -0.3 is 14.8 Å². The average molecular weight is 225 g/mol. The molecular formula is C13H23NO2. The van der Waals surface area contributed by atoms with Gasteiger partial charge in [0.15, 0.2) is 0 Å². The monoisotopic (exact) mass is 225 g/mol. The van der Waals surface area contributed by atoms with Crippen LogP contribution in [0.5, 0.6) is 0 Å². The van der Waals surface area contributed by atoms with Gasteiger partial charge >= 0.3 is 0 Å². The summed E-state index contributed by atoms with van der Waals surface area (Å²) in [6.45, 7) is 6.46. The molecular weight excluding hydrogens is 202 g/mol. The Hall–Kier alpha value is -0.800. The molecule has 3 nitrogen and oxygen atoms in total. The van der Waals surface area contributed by atoms with Crippen molar-refractivity contribution < 1.29 is 10.2 Å². The number of aromatic nitrogens is 1. The molecule has 1 rings (SSSR count). The van der Waals surface area contributed by atoms with Gasteiger partial charge in [-0.2, -0.15) is 0 Å². The molecule has 1 aromatic rings. The van der Waals surface area contributed by atoms with Gasteiger partial charge in [0.2, 0.25) is 0 Å². The summed E-state index contributed by atoms with van der Waals surface area (Å²) < 4.78 is 2.02. The minimum atomic E-state index is -0.632. The molecule has 0 amide bonds. The molecule has 1 atom stereocenters. The summed E-state index contributed by atoms with van der Waals surface area (Å²) in [5.41, 5.74) is 0.338. The fraction of sp³-hybridized carbons (Fsp3) is 0.692. The van der Waals surface area contributed by atoms with Gasteiger partial charge in [0.05, 0.1) is 11.7 Å². The fourth-order valence-electron chi connectivity index (χ4n) is 1.64. The first-order chi connectivity index (χ1) is 7.42. The number of hydrogen-bond acceptors (Lipinski definition) is 2. The Morgan fingerprint density at radius 2 is 2.12 bits per heavy atom. The first-order valence-corrected chi connectivity index (χ1v) is 5.98. The molecule has 0 radical (unpaired) electrons. The summed E-state index contributed by atoms with van der Waals surface area (Å²) in [5.74, 6) is 0. The van der Waals surface area contributed by atoms with Crippen molar-refractivity contribution in [3.8, 4) is 0 Å². The first kappa shape index (κ1) is 13.3. The zero-order valence-electron chi connectivity index (χ0n) is 10.5. The van der Waals surface area contributed by atoms with Crippen LogP contribution in [0.4, 0.5) is 0 Å². The van der Waals surface area contributed by atoms with E-state index < -0.39 is 5.60 Å². The van der Waals surface area contributed by atoms with Gasteiger partial charge in [-0.15, -0.1) is 0 Å². The van der Waals surface area contributed by atoms with Crippen LogP contribution in [-0.2, 0) is 6.54 Å². The molecule has 0 aromatic carbocycles. The molecule has 0 aliphatic rings. The second-order valence-electron chi connectivity index (χ2n) is 5.05. The molecule has 0 aliphatic heterocycles. The summed E-state index contributed by atoms with van der Waals surface area (Å²) in [5, 5.41) is 19.4. The molecule has 0 saturated heterocycles. The Balaban J connectivity index is 2.51. The summed E-state index contributed by atoms with van der Waals surface area (Å²) in [4.78, 5) is 0. The van der Waals surface area contributed by atoms with Crippen LogP contribution in [-0.4, -0.2) is 20.4 Å². The van der Waals surface area contributed by atoms with Gasteiger partial charge in [-0.25, -0.2) is 0 Å². The van der Waals surface area contributed by atoms with Crippen molar-refractivity contribution in [1.29, 1.82) is 0 Å². The van der Waals surface area contributed by atoms with E-state index in [1.54, 1.807) is 0 Å². The molecule has 0 aliphatic carbocycles. The van der Waals surface area contributed by atoms with Crippen molar-refractivity contribution in [2.45, 2.75) is 58.3 Å². The van der Waals surface area contributed by atoms with E-state index in [0.29, 0.717) is 6.42 Å². The summed E-state index contributed by atoms with van der Waals surface area (Å²) >= 11 is 0. The molecule has 0 saturated carbocycles. The third kappa shape index (κ3) is 4.37. The first-order valence-electron chi connectivity index (χ1n) is 5.98. The van der Waals surface area contributed by atoms with Crippen molar-refractivity contribution in [3.63, 3.8) is 0 Å². The normalized spacial score (nSPS) is 14.1. The van der Waals surface area contributed by atoms with Gasteiger partial charge in [0.25, 0.3) is 0 Å². The highest BCUT2D eigenvalue weighted by atomic mass is 16.3. The van der Waals surface area contributed by atoms with E-state index in [1.807, 2.05) is 36.9 Å². The van der Waals surface area contributed by atoms with Gasteiger partial charge in [0, 0.05) is 18.9 Å². The Morgan fingerprint density at radius 1 is 1.44 bits per heavy atom. The summed E-state index contributed by atoms with van der Waals surface area (Å²) in [7, 11) is 0. The van der Waals surface area contributed by atoms with E-state index in [1.165, 1.54) is 0 Å². The molecule has 16 heavy (non-hydrogen) atoms. The van der Waals surface area contributed by atoms with E-state index in [2.05, 4.69) is 6.92 Å². The molecule has 92 valence electrons. The van der Waals surface area contributed by atoms with Crippen LogP contribution in [0.3, 0.4) is 0 Å². The van der Waals surface area contributed by atoms with E-state index in [-0.39, 0.29) is 6.10 Å². The highest BCUT2D eigenvalue weighted by molar-refractivity contribution is 5.13. The molecule has 1 unspecified atom stereocenters. The number of nitrogens with zero attached hydrogens (tertiary/aromatic N) is 1. The van der Waals surface area contributed by atoms with Crippen molar-refractivity contribution in [2.24, 2.45) is 0 Å². The Morgan fingerprint density at radius 3 is 2.69 bits per heavy atom. The highest BCUT2D eigenvalue weighted by Crippen LogP contribution is 2.19. The fourth-order valence-corrected chi connectivity index (χ4v) is 1.64. The van der Waals surface area contributed by atoms with Crippen LogP contribution >= 0.6 is 0 Å². The Labute approximate surface area is 97.7 Å². The van der Waals surface area contributed by atoms with Gasteiger partial charge in [-0.3, -0.25) is 0 Å². The van der Waals surface area contributed by atoms with Gasteiger partial charge in [0.1, 0.15) is 0 Å². The van der Waals surface area contributed by atoms with Crippen LogP contribution in [0.15, 0.2) is 18.5 Å². The zero-order chi connectivity index (χ0) is 12.2. The lowest BCUT2D eigenvalue weighted by atomic mass is 10.1. The number of aryl methyl sites for hydroxylation is 1. The highest BCUT2D eigenvalue weighted by Gasteiger charge is 2.13. The third-order valence-electron chi connectivity index (χ3n) is 2.70. The van der Waals surface area contributed by atoms with Gasteiger partial charge in [-0.1, -0.05) is 13.3 Å². The lowest BCUT2D eigenvalue weighted by Gasteiger charge is -2.17. The van der Waals surface area contributed by atoms with E-state index >= 15 is 0 Å². The van der Waals surface area contributed by atoms with Crippen molar-refractivity contribution >= 4 is 0 Å². The number of aliphatic hydroxyl groups excluding tert-OH is 1. The largest absolute Gasteiger partial charge is 0.390 e. The molecule has 2 N–H and O–H groups in total. The molecule has 0 fully saturated rings. The van der Waals surface area contributed by atoms with Crippen molar-refractivity contribution in [2.75, 3.05) is 0 Å². The van der Waals surface area contributed by atoms with Crippen molar-refractivity contribution in [1.82, 2.24) is 4.57 Å². The van der Waals surface area contributed by atoms with E-state index in [0.717, 1.165) is 24.9 Å². The molecule has 1 aromatic heterocycles. The average Bonchev–Trinajstić information content (AvgIpc) is 2.62. The maximum absolute atomic E-state index is 9.80. The Bertz CT molecular complexity index is 312. The van der Waals surface area contributed by atoms with E-state index in [9.17, 15) is 10.2 Å². The standard InChI is InChI=1S/C13H23NO2/c1-4-5-12(15)11-6-8-14(10-11)9-7-13(2,3)16/h6,8,10,12,15-16H,4-5,7,9H2,1-3H3. The third-order valence-corrected chi connectivity index (χ3v) is 2.70. The SMILES string of the molecule is CCCC(O)c1ccn(CCC(C)(C)O)c1. The quantitative estimate of drug-likeness (QED) is 0.781. The molecule has 0 bridgehead atoms. The second kappa shape index (κ2) is 5.51.